The van der Waals surface area contributed by atoms with E-state index in [4.69, 9.17) is 17.3 Å². The lowest BCUT2D eigenvalue weighted by atomic mass is 9.83. The van der Waals surface area contributed by atoms with Gasteiger partial charge in [-0.15, -0.1) is 0 Å². The molecule has 0 aliphatic heterocycles. The summed E-state index contributed by atoms with van der Waals surface area (Å²) in [5, 5.41) is 11.0. The van der Waals surface area contributed by atoms with Gasteiger partial charge in [0, 0.05) is 11.6 Å². The van der Waals surface area contributed by atoms with Crippen LogP contribution in [0.15, 0.2) is 24.3 Å². The molecule has 0 saturated heterocycles. The highest BCUT2D eigenvalue weighted by molar-refractivity contribution is 6.30. The van der Waals surface area contributed by atoms with E-state index in [0.29, 0.717) is 5.02 Å². The van der Waals surface area contributed by atoms with E-state index < -0.39 is 5.60 Å². The minimum Gasteiger partial charge on any atom is -0.384 e. The van der Waals surface area contributed by atoms with E-state index in [9.17, 15) is 5.11 Å². The predicted molar refractivity (Wildman–Crippen MR) is 59.2 cm³/mol. The Morgan fingerprint density at radius 2 is 1.86 bits per heavy atom. The fraction of sp³-hybridized carbons (Fsp3) is 0.455. The molecular formula is C11H16ClNO. The summed E-state index contributed by atoms with van der Waals surface area (Å²) in [4.78, 5) is 0. The van der Waals surface area contributed by atoms with E-state index >= 15 is 0 Å². The van der Waals surface area contributed by atoms with Gasteiger partial charge in [-0.2, -0.15) is 0 Å². The zero-order valence-corrected chi connectivity index (χ0v) is 9.25. The van der Waals surface area contributed by atoms with Crippen molar-refractivity contribution in [3.05, 3.63) is 34.9 Å². The van der Waals surface area contributed by atoms with Crippen molar-refractivity contribution in [2.24, 2.45) is 11.7 Å². The largest absolute Gasteiger partial charge is 0.384 e. The first-order valence-electron chi connectivity index (χ1n) is 4.69. The van der Waals surface area contributed by atoms with Gasteiger partial charge in [0.2, 0.25) is 0 Å². The number of benzene rings is 1. The summed E-state index contributed by atoms with van der Waals surface area (Å²) in [7, 11) is 0. The van der Waals surface area contributed by atoms with E-state index in [1.807, 2.05) is 26.0 Å². The maximum Gasteiger partial charge on any atom is 0.104 e. The number of halogens is 1. The van der Waals surface area contributed by atoms with Gasteiger partial charge in [-0.05, 0) is 23.6 Å². The normalized spacial score (nSPS) is 15.6. The number of rotatable bonds is 3. The summed E-state index contributed by atoms with van der Waals surface area (Å²) in [6, 6.07) is 7.16. The molecule has 2 nitrogen and oxygen atoms in total. The topological polar surface area (TPSA) is 46.2 Å². The van der Waals surface area contributed by atoms with Crippen molar-refractivity contribution in [2.75, 3.05) is 6.54 Å². The van der Waals surface area contributed by atoms with Crippen LogP contribution < -0.4 is 5.73 Å². The van der Waals surface area contributed by atoms with Crippen molar-refractivity contribution in [2.45, 2.75) is 19.4 Å². The van der Waals surface area contributed by atoms with Gasteiger partial charge in [-0.25, -0.2) is 0 Å². The van der Waals surface area contributed by atoms with E-state index in [1.165, 1.54) is 0 Å². The molecule has 3 heteroatoms. The van der Waals surface area contributed by atoms with Gasteiger partial charge in [0.15, 0.2) is 0 Å². The minimum absolute atomic E-state index is 0.0775. The molecule has 1 atom stereocenters. The Hall–Kier alpha value is -0.570. The van der Waals surface area contributed by atoms with Gasteiger partial charge in [0.05, 0.1) is 0 Å². The Balaban J connectivity index is 3.06. The molecule has 0 aliphatic carbocycles. The highest BCUT2D eigenvalue weighted by atomic mass is 35.5. The second-order valence-electron chi connectivity index (χ2n) is 3.79. The molecule has 1 rings (SSSR count). The molecule has 0 bridgehead atoms. The Kier molecular flexibility index (Phi) is 3.53. The van der Waals surface area contributed by atoms with E-state index in [-0.39, 0.29) is 12.5 Å². The van der Waals surface area contributed by atoms with Crippen LogP contribution in [-0.2, 0) is 5.60 Å². The lowest BCUT2D eigenvalue weighted by Gasteiger charge is -2.31. The summed E-state index contributed by atoms with van der Waals surface area (Å²) < 4.78 is 0. The quantitative estimate of drug-likeness (QED) is 0.808. The molecule has 78 valence electrons. The van der Waals surface area contributed by atoms with Crippen LogP contribution in [0.4, 0.5) is 0 Å². The van der Waals surface area contributed by atoms with Crippen LogP contribution in [0.5, 0.6) is 0 Å². The van der Waals surface area contributed by atoms with Crippen molar-refractivity contribution < 1.29 is 5.11 Å². The average Bonchev–Trinajstić information content (AvgIpc) is 2.17. The molecule has 0 radical (unpaired) electrons. The zero-order valence-electron chi connectivity index (χ0n) is 8.50. The van der Waals surface area contributed by atoms with Crippen LogP contribution in [0, 0.1) is 5.92 Å². The van der Waals surface area contributed by atoms with E-state index in [0.717, 1.165) is 5.56 Å². The molecule has 0 saturated carbocycles. The van der Waals surface area contributed by atoms with Gasteiger partial charge >= 0.3 is 0 Å². The summed E-state index contributed by atoms with van der Waals surface area (Å²) in [6.45, 7) is 4.11. The monoisotopic (exact) mass is 213 g/mol. The minimum atomic E-state index is -0.954. The summed E-state index contributed by atoms with van der Waals surface area (Å²) in [6.07, 6.45) is 0. The van der Waals surface area contributed by atoms with Gasteiger partial charge in [-0.1, -0.05) is 37.6 Å². The molecule has 0 amide bonds. The zero-order chi connectivity index (χ0) is 10.8. The van der Waals surface area contributed by atoms with E-state index in [2.05, 4.69) is 0 Å². The van der Waals surface area contributed by atoms with Gasteiger partial charge in [0.25, 0.3) is 0 Å². The number of hydrogen-bond acceptors (Lipinski definition) is 2. The molecule has 1 aromatic carbocycles. The van der Waals surface area contributed by atoms with Crippen molar-refractivity contribution in [3.8, 4) is 0 Å². The first-order valence-corrected chi connectivity index (χ1v) is 5.07. The van der Waals surface area contributed by atoms with Crippen LogP contribution in [0.2, 0.25) is 5.02 Å². The molecule has 0 unspecified atom stereocenters. The third-order valence-corrected chi connectivity index (χ3v) is 2.86. The molecular weight excluding hydrogens is 198 g/mol. The van der Waals surface area contributed by atoms with E-state index in [1.54, 1.807) is 12.1 Å². The second-order valence-corrected chi connectivity index (χ2v) is 4.23. The molecule has 0 heterocycles. The standard InChI is InChI=1S/C11H16ClNO/c1-8(2)11(14,7-13)9-3-5-10(12)6-4-9/h3-6,8,14H,7,13H2,1-2H3/t11-/m0/s1. The van der Waals surface area contributed by atoms with Gasteiger partial charge in [-0.3, -0.25) is 0 Å². The lowest BCUT2D eigenvalue weighted by Crippen LogP contribution is -2.39. The first kappa shape index (κ1) is 11.5. The van der Waals surface area contributed by atoms with Crippen LogP contribution in [0.1, 0.15) is 19.4 Å². The van der Waals surface area contributed by atoms with Crippen LogP contribution in [-0.4, -0.2) is 11.7 Å². The predicted octanol–water partition coefficient (Wildman–Crippen LogP) is 2.14. The van der Waals surface area contributed by atoms with Crippen LogP contribution in [0.3, 0.4) is 0 Å². The van der Waals surface area contributed by atoms with Crippen LogP contribution >= 0.6 is 11.6 Å². The first-order chi connectivity index (χ1) is 6.50. The van der Waals surface area contributed by atoms with Gasteiger partial charge < -0.3 is 10.8 Å². The maximum atomic E-state index is 10.3. The molecule has 0 fully saturated rings. The summed E-state index contributed by atoms with van der Waals surface area (Å²) in [5.41, 5.74) is 5.46. The Labute approximate surface area is 89.7 Å². The SMILES string of the molecule is CC(C)[C@@](O)(CN)c1ccc(Cl)cc1. The number of nitrogens with two attached hydrogens (primary N) is 1. The highest BCUT2D eigenvalue weighted by Gasteiger charge is 2.31. The van der Waals surface area contributed by atoms with Crippen molar-refractivity contribution in [1.29, 1.82) is 0 Å². The number of hydrogen-bond donors (Lipinski definition) is 2. The highest BCUT2D eigenvalue weighted by Crippen LogP contribution is 2.29. The van der Waals surface area contributed by atoms with Crippen molar-refractivity contribution >= 4 is 11.6 Å². The summed E-state index contributed by atoms with van der Waals surface area (Å²) in [5.74, 6) is 0.0775. The smallest absolute Gasteiger partial charge is 0.104 e. The molecule has 0 aromatic heterocycles. The fourth-order valence-corrected chi connectivity index (χ4v) is 1.55. The molecule has 1 aromatic rings. The molecule has 14 heavy (non-hydrogen) atoms. The summed E-state index contributed by atoms with van der Waals surface area (Å²) >= 11 is 5.77. The van der Waals surface area contributed by atoms with Crippen molar-refractivity contribution in [3.63, 3.8) is 0 Å². The fourth-order valence-electron chi connectivity index (χ4n) is 1.43. The van der Waals surface area contributed by atoms with Gasteiger partial charge in [0.1, 0.15) is 5.60 Å². The van der Waals surface area contributed by atoms with Crippen LogP contribution in [0.25, 0.3) is 0 Å². The molecule has 0 spiro atoms. The third kappa shape index (κ3) is 2.08. The Morgan fingerprint density at radius 3 is 2.21 bits per heavy atom. The third-order valence-electron chi connectivity index (χ3n) is 2.61. The number of aliphatic hydroxyl groups is 1. The molecule has 0 aliphatic rings. The Bertz CT molecular complexity index is 297. The van der Waals surface area contributed by atoms with Crippen molar-refractivity contribution in [1.82, 2.24) is 0 Å². The average molecular weight is 214 g/mol. The second kappa shape index (κ2) is 4.30. The Morgan fingerprint density at radius 1 is 1.36 bits per heavy atom. The molecule has 3 N–H and O–H groups in total. The maximum absolute atomic E-state index is 10.3. The lowest BCUT2D eigenvalue weighted by molar-refractivity contribution is -0.00113.